The third-order valence-corrected chi connectivity index (χ3v) is 6.37. The highest BCUT2D eigenvalue weighted by molar-refractivity contribution is 7.89. The number of hydrogen-bond acceptors (Lipinski definition) is 5. The van der Waals surface area contributed by atoms with Crippen molar-refractivity contribution in [3.8, 4) is 0 Å². The number of nitrogens with one attached hydrogen (secondary N) is 2. The summed E-state index contributed by atoms with van der Waals surface area (Å²) in [5.74, 6) is -1.11. The van der Waals surface area contributed by atoms with Gasteiger partial charge in [-0.05, 0) is 80.6 Å². The highest BCUT2D eigenvalue weighted by Crippen LogP contribution is 2.30. The molecule has 8 nitrogen and oxygen atoms in total. The number of anilines is 1. The van der Waals surface area contributed by atoms with Crippen molar-refractivity contribution in [2.24, 2.45) is 5.14 Å². The molecule has 9 heteroatoms. The van der Waals surface area contributed by atoms with Gasteiger partial charge in [-0.1, -0.05) is 0 Å². The molecule has 1 aromatic heterocycles. The summed E-state index contributed by atoms with van der Waals surface area (Å²) >= 11 is 0. The highest BCUT2D eigenvalue weighted by Gasteiger charge is 2.21. The third-order valence-electron chi connectivity index (χ3n) is 5.44. The van der Waals surface area contributed by atoms with Crippen molar-refractivity contribution in [2.75, 3.05) is 5.32 Å². The number of nitrogens with two attached hydrogens (primary N) is 1. The van der Waals surface area contributed by atoms with Gasteiger partial charge in [-0.25, -0.2) is 18.4 Å². The molecule has 1 aliphatic rings. The van der Waals surface area contributed by atoms with Gasteiger partial charge < -0.3 is 15.0 Å². The van der Waals surface area contributed by atoms with Gasteiger partial charge >= 0.3 is 5.97 Å². The van der Waals surface area contributed by atoms with E-state index in [1.165, 1.54) is 42.4 Å². The van der Waals surface area contributed by atoms with Crippen LogP contribution in [-0.2, 0) is 32.4 Å². The Bertz CT molecular complexity index is 1260. The first-order valence-electron chi connectivity index (χ1n) is 10.0. The molecule has 0 unspecified atom stereocenters. The summed E-state index contributed by atoms with van der Waals surface area (Å²) < 4.78 is 28.0. The molecule has 162 valence electrons. The number of H-pyrrole nitrogens is 1. The van der Waals surface area contributed by atoms with Gasteiger partial charge in [0.05, 0.1) is 10.5 Å². The van der Waals surface area contributed by atoms with Gasteiger partial charge in [0.1, 0.15) is 0 Å². The SMILES string of the molecule is C[C@@H](OC(=O)c1ccc2[nH]c3c(c2c1)CCCC3)C(=O)Nc1ccc(S(N)(=O)=O)cc1. The number of benzene rings is 2. The van der Waals surface area contributed by atoms with E-state index in [-0.39, 0.29) is 4.90 Å². The molecule has 31 heavy (non-hydrogen) atoms. The lowest BCUT2D eigenvalue weighted by Gasteiger charge is -2.14. The molecule has 0 saturated heterocycles. The number of rotatable bonds is 5. The van der Waals surface area contributed by atoms with Gasteiger partial charge in [-0.15, -0.1) is 0 Å². The maximum absolute atomic E-state index is 12.6. The Morgan fingerprint density at radius 1 is 1.10 bits per heavy atom. The first-order chi connectivity index (χ1) is 14.7. The lowest BCUT2D eigenvalue weighted by Crippen LogP contribution is -2.30. The lowest BCUT2D eigenvalue weighted by atomic mass is 9.95. The van der Waals surface area contributed by atoms with Crippen LogP contribution < -0.4 is 10.5 Å². The molecule has 0 bridgehead atoms. The van der Waals surface area contributed by atoms with Crippen LogP contribution in [0.1, 0.15) is 41.4 Å². The van der Waals surface area contributed by atoms with E-state index in [9.17, 15) is 18.0 Å². The molecule has 4 N–H and O–H groups in total. The lowest BCUT2D eigenvalue weighted by molar-refractivity contribution is -0.123. The molecule has 1 amide bonds. The predicted octanol–water partition coefficient (Wildman–Crippen LogP) is 2.88. The average Bonchev–Trinajstić information content (AvgIpc) is 3.11. The summed E-state index contributed by atoms with van der Waals surface area (Å²) in [6, 6.07) is 10.8. The average molecular weight is 442 g/mol. The monoisotopic (exact) mass is 441 g/mol. The minimum atomic E-state index is -3.81. The summed E-state index contributed by atoms with van der Waals surface area (Å²) in [6.45, 7) is 1.47. The first-order valence-corrected chi connectivity index (χ1v) is 11.6. The second-order valence-corrected chi connectivity index (χ2v) is 9.22. The molecule has 0 fully saturated rings. The number of amides is 1. The number of aromatic amines is 1. The van der Waals surface area contributed by atoms with Crippen LogP contribution in [0.4, 0.5) is 5.69 Å². The standard InChI is InChI=1S/C22H23N3O5S/c1-13(21(26)24-15-7-9-16(10-8-15)31(23,28)29)30-22(27)14-6-11-20-18(12-14)17-4-2-3-5-19(17)25-20/h6-13,25H,2-5H2,1H3,(H,24,26)(H2,23,28,29)/t13-/m1/s1. The van der Waals surface area contributed by atoms with E-state index < -0.39 is 28.0 Å². The summed E-state index contributed by atoms with van der Waals surface area (Å²) in [5, 5.41) is 8.67. The maximum atomic E-state index is 12.6. The Labute approximate surface area is 179 Å². The van der Waals surface area contributed by atoms with E-state index in [4.69, 9.17) is 9.88 Å². The fourth-order valence-electron chi connectivity index (χ4n) is 3.79. The molecule has 0 radical (unpaired) electrons. The Morgan fingerprint density at radius 3 is 2.52 bits per heavy atom. The van der Waals surface area contributed by atoms with E-state index in [0.717, 1.165) is 36.6 Å². The van der Waals surface area contributed by atoms with E-state index in [0.29, 0.717) is 11.3 Å². The number of primary sulfonamides is 1. The van der Waals surface area contributed by atoms with Crippen molar-refractivity contribution in [1.29, 1.82) is 0 Å². The van der Waals surface area contributed by atoms with Gasteiger partial charge in [-0.2, -0.15) is 0 Å². The zero-order valence-electron chi connectivity index (χ0n) is 17.0. The van der Waals surface area contributed by atoms with Gasteiger partial charge in [0.15, 0.2) is 6.10 Å². The van der Waals surface area contributed by atoms with Crippen LogP contribution in [0.3, 0.4) is 0 Å². The smallest absolute Gasteiger partial charge is 0.338 e. The Morgan fingerprint density at radius 2 is 1.81 bits per heavy atom. The van der Waals surface area contributed by atoms with Crippen molar-refractivity contribution >= 4 is 38.5 Å². The normalized spacial score (nSPS) is 14.6. The quantitative estimate of drug-likeness (QED) is 0.524. The predicted molar refractivity (Wildman–Crippen MR) is 116 cm³/mol. The second-order valence-electron chi connectivity index (χ2n) is 7.66. The van der Waals surface area contributed by atoms with Crippen LogP contribution >= 0.6 is 0 Å². The first kappa shape index (κ1) is 21.1. The topological polar surface area (TPSA) is 131 Å². The van der Waals surface area contributed by atoms with E-state index in [1.54, 1.807) is 6.07 Å². The third kappa shape index (κ3) is 4.47. The zero-order valence-corrected chi connectivity index (χ0v) is 17.8. The van der Waals surface area contributed by atoms with Crippen molar-refractivity contribution in [3.63, 3.8) is 0 Å². The Kier molecular flexibility index (Phi) is 5.55. The number of aromatic nitrogens is 1. The number of carbonyl (C=O) groups is 2. The fourth-order valence-corrected chi connectivity index (χ4v) is 4.30. The number of esters is 1. The minimum Gasteiger partial charge on any atom is -0.449 e. The summed E-state index contributed by atoms with van der Waals surface area (Å²) in [6.07, 6.45) is 3.24. The van der Waals surface area contributed by atoms with Crippen molar-refractivity contribution in [2.45, 2.75) is 43.6 Å². The van der Waals surface area contributed by atoms with E-state index >= 15 is 0 Å². The van der Waals surface area contributed by atoms with Crippen LogP contribution in [0.25, 0.3) is 10.9 Å². The van der Waals surface area contributed by atoms with Crippen LogP contribution in [0.2, 0.25) is 0 Å². The van der Waals surface area contributed by atoms with Crippen LogP contribution in [-0.4, -0.2) is 31.4 Å². The highest BCUT2D eigenvalue weighted by atomic mass is 32.2. The maximum Gasteiger partial charge on any atom is 0.338 e. The summed E-state index contributed by atoms with van der Waals surface area (Å²) in [7, 11) is -3.81. The van der Waals surface area contributed by atoms with Gasteiger partial charge in [0.25, 0.3) is 5.91 Å². The van der Waals surface area contributed by atoms with Crippen molar-refractivity contribution in [1.82, 2.24) is 4.98 Å². The van der Waals surface area contributed by atoms with E-state index in [2.05, 4.69) is 10.3 Å². The largest absolute Gasteiger partial charge is 0.449 e. The van der Waals surface area contributed by atoms with Gasteiger partial charge in [-0.3, -0.25) is 4.79 Å². The molecule has 1 heterocycles. The fraction of sp³-hybridized carbons (Fsp3) is 0.273. The molecule has 0 aliphatic heterocycles. The van der Waals surface area contributed by atoms with Crippen molar-refractivity contribution in [3.05, 3.63) is 59.3 Å². The van der Waals surface area contributed by atoms with Crippen LogP contribution in [0, 0.1) is 0 Å². The number of fused-ring (bicyclic) bond motifs is 3. The van der Waals surface area contributed by atoms with Crippen LogP contribution in [0.15, 0.2) is 47.4 Å². The van der Waals surface area contributed by atoms with Gasteiger partial charge in [0, 0.05) is 22.3 Å². The van der Waals surface area contributed by atoms with Gasteiger partial charge in [0.2, 0.25) is 10.0 Å². The summed E-state index contributed by atoms with van der Waals surface area (Å²) in [4.78, 5) is 28.4. The number of carbonyl (C=O) groups excluding carboxylic acids is 2. The number of aryl methyl sites for hydroxylation is 2. The molecule has 0 saturated carbocycles. The van der Waals surface area contributed by atoms with E-state index in [1.807, 2.05) is 12.1 Å². The van der Waals surface area contributed by atoms with Crippen molar-refractivity contribution < 1.29 is 22.7 Å². The molecular weight excluding hydrogens is 418 g/mol. The molecule has 2 aromatic carbocycles. The number of ether oxygens (including phenoxy) is 1. The minimum absolute atomic E-state index is 0.0627. The molecule has 1 atom stereocenters. The van der Waals surface area contributed by atoms with Crippen LogP contribution in [0.5, 0.6) is 0 Å². The Hall–Kier alpha value is -3.17. The molecule has 3 aromatic rings. The number of hydrogen-bond donors (Lipinski definition) is 3. The Balaban J connectivity index is 1.43. The summed E-state index contributed by atoms with van der Waals surface area (Å²) in [5.41, 5.74) is 4.23. The molecular formula is C22H23N3O5S. The molecule has 0 spiro atoms. The zero-order chi connectivity index (χ0) is 22.2. The second kappa shape index (κ2) is 8.16. The molecule has 4 rings (SSSR count). The molecule has 1 aliphatic carbocycles. The number of sulfonamides is 1.